The van der Waals surface area contributed by atoms with Gasteiger partial charge >= 0.3 is 0 Å². The normalized spacial score (nSPS) is 11.8. The van der Waals surface area contributed by atoms with Crippen molar-refractivity contribution in [2.75, 3.05) is 38.7 Å². The molecule has 13 heteroatoms. The van der Waals surface area contributed by atoms with Crippen molar-refractivity contribution in [1.82, 2.24) is 10.2 Å². The number of carbonyl (C=O) groups excluding carboxylic acids is 2. The maximum Gasteiger partial charge on any atom is 0.265 e. The van der Waals surface area contributed by atoms with Crippen LogP contribution in [0.3, 0.4) is 0 Å². The van der Waals surface area contributed by atoms with Gasteiger partial charge in [-0.2, -0.15) is 0 Å². The first kappa shape index (κ1) is 38.4. The SMILES string of the molecule is COc1ccc(S(=O)(=O)N(CC(=O)N(Cc2ccccc2Cl)[C@@H](Cc2ccccc2)C(=O)NCC(C)C)c2cc(Cl)ccc2OC)cc1OC. The Labute approximate surface area is 303 Å². The van der Waals surface area contributed by atoms with Crippen LogP contribution >= 0.6 is 23.2 Å². The van der Waals surface area contributed by atoms with Crippen LogP contribution in [0.15, 0.2) is 95.9 Å². The second kappa shape index (κ2) is 17.5. The van der Waals surface area contributed by atoms with Gasteiger partial charge in [0.15, 0.2) is 11.5 Å². The van der Waals surface area contributed by atoms with Gasteiger partial charge in [0.2, 0.25) is 11.8 Å². The van der Waals surface area contributed by atoms with Gasteiger partial charge in [-0.3, -0.25) is 13.9 Å². The minimum Gasteiger partial charge on any atom is -0.495 e. The number of rotatable bonds is 16. The molecule has 4 rings (SSSR count). The Morgan fingerprint density at radius 1 is 0.800 bits per heavy atom. The van der Waals surface area contributed by atoms with E-state index in [0.717, 1.165) is 9.87 Å². The molecule has 10 nitrogen and oxygen atoms in total. The Bertz CT molecular complexity index is 1890. The van der Waals surface area contributed by atoms with E-state index in [4.69, 9.17) is 37.4 Å². The van der Waals surface area contributed by atoms with Crippen LogP contribution < -0.4 is 23.8 Å². The molecule has 0 aliphatic carbocycles. The minimum absolute atomic E-state index is 0.0182. The summed E-state index contributed by atoms with van der Waals surface area (Å²) in [6.07, 6.45) is 0.157. The lowest BCUT2D eigenvalue weighted by atomic mass is 10.0. The molecule has 0 unspecified atom stereocenters. The standard InChI is InChI=1S/C37H41Cl2N3O7S/c1-25(2)22-40-37(44)32(19-26-11-7-6-8-12-26)41(23-27-13-9-10-14-30(27)39)36(43)24-42(31-20-28(38)15-17-33(31)47-3)50(45,46)29-16-18-34(48-4)35(21-29)49-5/h6-18,20-21,25,32H,19,22-24H2,1-5H3,(H,40,44)/t32-/m0/s1. The van der Waals surface area contributed by atoms with Crippen molar-refractivity contribution in [3.63, 3.8) is 0 Å². The molecule has 2 amide bonds. The van der Waals surface area contributed by atoms with Crippen molar-refractivity contribution < 1.29 is 32.2 Å². The van der Waals surface area contributed by atoms with E-state index in [1.165, 1.54) is 56.6 Å². The lowest BCUT2D eigenvalue weighted by Crippen LogP contribution is -2.53. The molecule has 50 heavy (non-hydrogen) atoms. The average Bonchev–Trinajstić information content (AvgIpc) is 3.11. The molecule has 0 radical (unpaired) electrons. The highest BCUT2D eigenvalue weighted by molar-refractivity contribution is 7.92. The topological polar surface area (TPSA) is 114 Å². The number of sulfonamides is 1. The number of carbonyl (C=O) groups is 2. The first-order chi connectivity index (χ1) is 23.9. The predicted octanol–water partition coefficient (Wildman–Crippen LogP) is 6.63. The molecular weight excluding hydrogens is 701 g/mol. The van der Waals surface area contributed by atoms with Crippen LogP contribution in [-0.4, -0.2) is 65.6 Å². The van der Waals surface area contributed by atoms with Crippen LogP contribution in [0.4, 0.5) is 5.69 Å². The Morgan fingerprint density at radius 2 is 1.44 bits per heavy atom. The van der Waals surface area contributed by atoms with Crippen molar-refractivity contribution in [1.29, 1.82) is 0 Å². The zero-order valence-corrected chi connectivity index (χ0v) is 30.9. The zero-order valence-electron chi connectivity index (χ0n) is 28.6. The highest BCUT2D eigenvalue weighted by Crippen LogP contribution is 2.37. The van der Waals surface area contributed by atoms with Gasteiger partial charge in [0.1, 0.15) is 18.3 Å². The Balaban J connectivity index is 1.89. The minimum atomic E-state index is -4.51. The summed E-state index contributed by atoms with van der Waals surface area (Å²) in [4.78, 5) is 30.0. The summed E-state index contributed by atoms with van der Waals surface area (Å²) in [6.45, 7) is 3.50. The molecule has 1 N–H and O–H groups in total. The number of anilines is 1. The maximum absolute atomic E-state index is 14.8. The van der Waals surface area contributed by atoms with Crippen molar-refractivity contribution in [2.24, 2.45) is 5.92 Å². The van der Waals surface area contributed by atoms with Gasteiger partial charge < -0.3 is 24.4 Å². The highest BCUT2D eigenvalue weighted by atomic mass is 35.5. The maximum atomic E-state index is 14.8. The second-order valence-corrected chi connectivity index (χ2v) is 14.5. The van der Waals surface area contributed by atoms with E-state index >= 15 is 0 Å². The fourth-order valence-electron chi connectivity index (χ4n) is 5.26. The number of methoxy groups -OCH3 is 3. The van der Waals surface area contributed by atoms with E-state index in [9.17, 15) is 18.0 Å². The monoisotopic (exact) mass is 741 g/mol. The Hall–Kier alpha value is -4.45. The summed E-state index contributed by atoms with van der Waals surface area (Å²) in [5, 5.41) is 3.57. The first-order valence-corrected chi connectivity index (χ1v) is 18.0. The van der Waals surface area contributed by atoms with Gasteiger partial charge in [-0.1, -0.05) is 85.6 Å². The number of ether oxygens (including phenoxy) is 3. The lowest BCUT2D eigenvalue weighted by Gasteiger charge is -2.34. The molecule has 0 saturated carbocycles. The lowest BCUT2D eigenvalue weighted by molar-refractivity contribution is -0.140. The smallest absolute Gasteiger partial charge is 0.265 e. The quantitative estimate of drug-likeness (QED) is 0.137. The van der Waals surface area contributed by atoms with Crippen LogP contribution in [0.2, 0.25) is 10.0 Å². The molecule has 0 fully saturated rings. The largest absolute Gasteiger partial charge is 0.495 e. The zero-order chi connectivity index (χ0) is 36.4. The molecule has 0 aliphatic heterocycles. The molecule has 4 aromatic carbocycles. The van der Waals surface area contributed by atoms with Crippen molar-refractivity contribution in [3.8, 4) is 17.2 Å². The van der Waals surface area contributed by atoms with Gasteiger partial charge in [-0.25, -0.2) is 8.42 Å². The Morgan fingerprint density at radius 3 is 2.08 bits per heavy atom. The molecule has 0 aromatic heterocycles. The summed E-state index contributed by atoms with van der Waals surface area (Å²) < 4.78 is 46.3. The molecular formula is C37H41Cl2N3O7S. The van der Waals surface area contributed by atoms with Crippen molar-refractivity contribution in [3.05, 3.63) is 112 Å². The summed E-state index contributed by atoms with van der Waals surface area (Å²) in [7, 11) is -0.305. The summed E-state index contributed by atoms with van der Waals surface area (Å²) in [5.41, 5.74) is 1.40. The van der Waals surface area contributed by atoms with Gasteiger partial charge in [-0.05, 0) is 53.4 Å². The van der Waals surface area contributed by atoms with Crippen molar-refractivity contribution in [2.45, 2.75) is 37.8 Å². The number of nitrogens with zero attached hydrogens (tertiary/aromatic N) is 2. The van der Waals surface area contributed by atoms with Crippen LogP contribution in [-0.2, 0) is 32.6 Å². The van der Waals surface area contributed by atoms with E-state index in [0.29, 0.717) is 22.9 Å². The molecule has 266 valence electrons. The highest BCUT2D eigenvalue weighted by Gasteiger charge is 2.36. The number of halogens is 2. The van der Waals surface area contributed by atoms with E-state index < -0.39 is 34.4 Å². The molecule has 0 bridgehead atoms. The first-order valence-electron chi connectivity index (χ1n) is 15.8. The van der Waals surface area contributed by atoms with Gasteiger partial charge in [-0.15, -0.1) is 0 Å². The number of benzene rings is 4. The second-order valence-electron chi connectivity index (χ2n) is 11.8. The van der Waals surface area contributed by atoms with E-state index in [1.807, 2.05) is 44.2 Å². The van der Waals surface area contributed by atoms with Gasteiger partial charge in [0.25, 0.3) is 10.0 Å². The summed E-state index contributed by atoms with van der Waals surface area (Å²) >= 11 is 13.0. The fourth-order valence-corrected chi connectivity index (χ4v) is 7.06. The molecule has 0 spiro atoms. The van der Waals surface area contributed by atoms with Crippen LogP contribution in [0.25, 0.3) is 0 Å². The van der Waals surface area contributed by atoms with Gasteiger partial charge in [0.05, 0.1) is 31.9 Å². The third kappa shape index (κ3) is 9.41. The molecule has 0 aliphatic rings. The van der Waals surface area contributed by atoms with Crippen LogP contribution in [0.5, 0.6) is 17.2 Å². The third-order valence-corrected chi connectivity index (χ3v) is 10.2. The summed E-state index contributed by atoms with van der Waals surface area (Å²) in [5.74, 6) is -0.283. The Kier molecular flexibility index (Phi) is 13.4. The van der Waals surface area contributed by atoms with E-state index in [-0.39, 0.29) is 46.0 Å². The summed E-state index contributed by atoms with van der Waals surface area (Å²) in [6, 6.07) is 23.8. The van der Waals surface area contributed by atoms with E-state index in [2.05, 4.69) is 5.32 Å². The van der Waals surface area contributed by atoms with Crippen LogP contribution in [0.1, 0.15) is 25.0 Å². The van der Waals surface area contributed by atoms with E-state index in [1.54, 1.807) is 30.3 Å². The third-order valence-electron chi connectivity index (χ3n) is 7.89. The van der Waals surface area contributed by atoms with Crippen molar-refractivity contribution >= 4 is 50.7 Å². The number of hydrogen-bond acceptors (Lipinski definition) is 7. The molecule has 1 atom stereocenters. The average molecular weight is 743 g/mol. The fraction of sp³-hybridized carbons (Fsp3) is 0.297. The molecule has 0 heterocycles. The molecule has 0 saturated heterocycles. The number of hydrogen-bond donors (Lipinski definition) is 1. The number of nitrogens with one attached hydrogen (secondary N) is 1. The van der Waals surface area contributed by atoms with Crippen LogP contribution in [0, 0.1) is 5.92 Å². The van der Waals surface area contributed by atoms with Gasteiger partial charge in [0, 0.05) is 35.6 Å². The molecule has 4 aromatic rings. The number of amides is 2. The predicted molar refractivity (Wildman–Crippen MR) is 196 cm³/mol.